The van der Waals surface area contributed by atoms with Crippen molar-refractivity contribution >= 4 is 5.97 Å². The van der Waals surface area contributed by atoms with Gasteiger partial charge in [-0.25, -0.2) is 4.79 Å². The van der Waals surface area contributed by atoms with Crippen LogP contribution in [0.25, 0.3) is 0 Å². The molecule has 0 spiro atoms. The van der Waals surface area contributed by atoms with Gasteiger partial charge in [0.25, 0.3) is 0 Å². The number of carbonyl (C=O) groups excluding carboxylic acids is 1. The summed E-state index contributed by atoms with van der Waals surface area (Å²) in [4.78, 5) is 13.7. The van der Waals surface area contributed by atoms with Crippen molar-refractivity contribution < 1.29 is 14.6 Å². The lowest BCUT2D eigenvalue weighted by Crippen LogP contribution is -2.41. The number of ether oxygens (including phenoxy) is 1. The van der Waals surface area contributed by atoms with Gasteiger partial charge in [0, 0.05) is 12.6 Å². The predicted molar refractivity (Wildman–Crippen MR) is 72.9 cm³/mol. The highest BCUT2D eigenvalue weighted by Crippen LogP contribution is 2.19. The molecule has 0 saturated carbocycles. The Labute approximate surface area is 114 Å². The molecule has 2 rings (SSSR count). The average molecular weight is 263 g/mol. The number of esters is 1. The lowest BCUT2D eigenvalue weighted by atomic mass is 10.0. The Morgan fingerprint density at radius 2 is 2.11 bits per heavy atom. The number of benzene rings is 1. The third kappa shape index (κ3) is 3.55. The molecule has 1 aliphatic heterocycles. The molecule has 0 amide bonds. The Balaban J connectivity index is 2.00. The molecule has 4 nitrogen and oxygen atoms in total. The molecule has 1 heterocycles. The highest BCUT2D eigenvalue weighted by atomic mass is 16.5. The third-order valence-electron chi connectivity index (χ3n) is 3.72. The second-order valence-corrected chi connectivity index (χ2v) is 4.99. The summed E-state index contributed by atoms with van der Waals surface area (Å²) in [5.74, 6) is -0.308. The van der Waals surface area contributed by atoms with Gasteiger partial charge in [0.2, 0.25) is 0 Å². The van der Waals surface area contributed by atoms with Crippen molar-refractivity contribution in [2.45, 2.75) is 31.8 Å². The largest absolute Gasteiger partial charge is 0.465 e. The molecule has 1 unspecified atom stereocenters. The van der Waals surface area contributed by atoms with Crippen LogP contribution in [0.2, 0.25) is 0 Å². The van der Waals surface area contributed by atoms with E-state index in [1.165, 1.54) is 20.0 Å². The SMILES string of the molecule is COC(=O)c1ccc(CN2CCCCC2CO)cc1. The summed E-state index contributed by atoms with van der Waals surface area (Å²) in [5.41, 5.74) is 1.73. The molecule has 1 atom stereocenters. The van der Waals surface area contributed by atoms with Crippen molar-refractivity contribution in [1.82, 2.24) is 4.90 Å². The molecule has 4 heteroatoms. The number of nitrogens with zero attached hydrogens (tertiary/aromatic N) is 1. The number of aliphatic hydroxyl groups is 1. The normalized spacial score (nSPS) is 20.2. The summed E-state index contributed by atoms with van der Waals surface area (Å²) in [6.45, 7) is 2.08. The van der Waals surface area contributed by atoms with Crippen molar-refractivity contribution in [3.05, 3.63) is 35.4 Å². The molecule has 0 aromatic heterocycles. The van der Waals surface area contributed by atoms with Gasteiger partial charge >= 0.3 is 5.97 Å². The molecule has 1 aromatic carbocycles. The van der Waals surface area contributed by atoms with Gasteiger partial charge in [0.15, 0.2) is 0 Å². The Hall–Kier alpha value is -1.39. The number of aliphatic hydroxyl groups excluding tert-OH is 1. The molecule has 19 heavy (non-hydrogen) atoms. The van der Waals surface area contributed by atoms with Crippen molar-refractivity contribution in [3.8, 4) is 0 Å². The molecule has 1 N–H and O–H groups in total. The number of likely N-dealkylation sites (tertiary alicyclic amines) is 1. The first-order valence-electron chi connectivity index (χ1n) is 6.76. The van der Waals surface area contributed by atoms with Crippen molar-refractivity contribution in [1.29, 1.82) is 0 Å². The van der Waals surface area contributed by atoms with Gasteiger partial charge in [-0.2, -0.15) is 0 Å². The molecular formula is C15H21NO3. The zero-order chi connectivity index (χ0) is 13.7. The quantitative estimate of drug-likeness (QED) is 0.842. The highest BCUT2D eigenvalue weighted by molar-refractivity contribution is 5.89. The molecule has 1 fully saturated rings. The number of piperidine rings is 1. The third-order valence-corrected chi connectivity index (χ3v) is 3.72. The Morgan fingerprint density at radius 1 is 1.37 bits per heavy atom. The van der Waals surface area contributed by atoms with E-state index in [1.54, 1.807) is 12.1 Å². The van der Waals surface area contributed by atoms with E-state index in [9.17, 15) is 9.90 Å². The Bertz CT molecular complexity index is 416. The van der Waals surface area contributed by atoms with E-state index in [0.717, 1.165) is 25.1 Å². The van der Waals surface area contributed by atoms with Crippen LogP contribution >= 0.6 is 0 Å². The molecule has 1 aliphatic rings. The van der Waals surface area contributed by atoms with Gasteiger partial charge in [-0.3, -0.25) is 4.90 Å². The van der Waals surface area contributed by atoms with E-state index in [2.05, 4.69) is 9.64 Å². The average Bonchev–Trinajstić information content (AvgIpc) is 2.48. The van der Waals surface area contributed by atoms with Gasteiger partial charge in [-0.1, -0.05) is 18.6 Å². The van der Waals surface area contributed by atoms with Crippen LogP contribution in [-0.2, 0) is 11.3 Å². The number of hydrogen-bond acceptors (Lipinski definition) is 4. The zero-order valence-electron chi connectivity index (χ0n) is 11.3. The predicted octanol–water partition coefficient (Wildman–Crippen LogP) is 1.82. The molecule has 0 bridgehead atoms. The first-order valence-corrected chi connectivity index (χ1v) is 6.76. The molecule has 0 aliphatic carbocycles. The number of carbonyl (C=O) groups is 1. The Kier molecular flexibility index (Phi) is 4.93. The van der Waals surface area contributed by atoms with E-state index in [1.807, 2.05) is 12.1 Å². The number of methoxy groups -OCH3 is 1. The van der Waals surface area contributed by atoms with Crippen molar-refractivity contribution in [2.75, 3.05) is 20.3 Å². The molecule has 0 radical (unpaired) electrons. The summed E-state index contributed by atoms with van der Waals surface area (Å²) in [6, 6.07) is 7.76. The maximum atomic E-state index is 11.3. The number of rotatable bonds is 4. The van der Waals surface area contributed by atoms with E-state index < -0.39 is 0 Å². The second kappa shape index (κ2) is 6.68. The van der Waals surface area contributed by atoms with Gasteiger partial charge < -0.3 is 9.84 Å². The zero-order valence-corrected chi connectivity index (χ0v) is 11.3. The topological polar surface area (TPSA) is 49.8 Å². The maximum absolute atomic E-state index is 11.3. The fourth-order valence-corrected chi connectivity index (χ4v) is 2.57. The van der Waals surface area contributed by atoms with Crippen LogP contribution in [0.3, 0.4) is 0 Å². The van der Waals surface area contributed by atoms with E-state index in [0.29, 0.717) is 5.56 Å². The maximum Gasteiger partial charge on any atom is 0.337 e. The van der Waals surface area contributed by atoms with E-state index in [4.69, 9.17) is 0 Å². The minimum atomic E-state index is -0.308. The van der Waals surface area contributed by atoms with Gasteiger partial charge in [0.05, 0.1) is 19.3 Å². The van der Waals surface area contributed by atoms with Crippen LogP contribution in [0.1, 0.15) is 35.2 Å². The lowest BCUT2D eigenvalue weighted by molar-refractivity contribution is 0.0600. The van der Waals surface area contributed by atoms with Crippen LogP contribution < -0.4 is 0 Å². The molecule has 104 valence electrons. The van der Waals surface area contributed by atoms with Crippen molar-refractivity contribution in [3.63, 3.8) is 0 Å². The standard InChI is InChI=1S/C15H21NO3/c1-19-15(18)13-7-5-12(6-8-13)10-16-9-3-2-4-14(16)11-17/h5-8,14,17H,2-4,9-11H2,1H3. The summed E-state index contributed by atoms with van der Waals surface area (Å²) >= 11 is 0. The van der Waals surface area contributed by atoms with Gasteiger partial charge in [-0.05, 0) is 37.1 Å². The van der Waals surface area contributed by atoms with Crippen LogP contribution in [0.15, 0.2) is 24.3 Å². The monoisotopic (exact) mass is 263 g/mol. The highest BCUT2D eigenvalue weighted by Gasteiger charge is 2.21. The summed E-state index contributed by atoms with van der Waals surface area (Å²) < 4.78 is 4.68. The fourth-order valence-electron chi connectivity index (χ4n) is 2.57. The second-order valence-electron chi connectivity index (χ2n) is 4.99. The molecule has 1 saturated heterocycles. The van der Waals surface area contributed by atoms with Gasteiger partial charge in [0.1, 0.15) is 0 Å². The van der Waals surface area contributed by atoms with Gasteiger partial charge in [-0.15, -0.1) is 0 Å². The first-order chi connectivity index (χ1) is 9.24. The minimum Gasteiger partial charge on any atom is -0.465 e. The Morgan fingerprint density at radius 3 is 2.74 bits per heavy atom. The summed E-state index contributed by atoms with van der Waals surface area (Å²) in [6.07, 6.45) is 3.45. The summed E-state index contributed by atoms with van der Waals surface area (Å²) in [7, 11) is 1.38. The van der Waals surface area contributed by atoms with Crippen LogP contribution in [0.5, 0.6) is 0 Å². The smallest absolute Gasteiger partial charge is 0.337 e. The molecule has 1 aromatic rings. The van der Waals surface area contributed by atoms with E-state index in [-0.39, 0.29) is 18.6 Å². The van der Waals surface area contributed by atoms with Crippen LogP contribution in [0.4, 0.5) is 0 Å². The molecular weight excluding hydrogens is 242 g/mol. The van der Waals surface area contributed by atoms with Crippen LogP contribution in [-0.4, -0.2) is 42.3 Å². The summed E-state index contributed by atoms with van der Waals surface area (Å²) in [5, 5.41) is 9.39. The van der Waals surface area contributed by atoms with Crippen molar-refractivity contribution in [2.24, 2.45) is 0 Å². The minimum absolute atomic E-state index is 0.222. The van der Waals surface area contributed by atoms with Crippen LogP contribution in [0, 0.1) is 0 Å². The fraction of sp³-hybridized carbons (Fsp3) is 0.533. The van der Waals surface area contributed by atoms with E-state index >= 15 is 0 Å². The first kappa shape index (κ1) is 14.0. The number of hydrogen-bond donors (Lipinski definition) is 1. The lowest BCUT2D eigenvalue weighted by Gasteiger charge is -2.34.